The zero-order valence-corrected chi connectivity index (χ0v) is 6.92. The molecule has 2 N–H and O–H groups in total. The van der Waals surface area contributed by atoms with Crippen LogP contribution in [0.5, 0.6) is 0 Å². The summed E-state index contributed by atoms with van der Waals surface area (Å²) in [4.78, 5) is 0. The molecule has 0 fully saturated rings. The highest BCUT2D eigenvalue weighted by molar-refractivity contribution is 8.00. The Labute approximate surface area is 67.0 Å². The Kier molecular flexibility index (Phi) is 2.14. The average Bonchev–Trinajstić information content (AvgIpc) is 2.30. The van der Waals surface area contributed by atoms with Gasteiger partial charge in [0.05, 0.1) is 0 Å². The summed E-state index contributed by atoms with van der Waals surface area (Å²) in [5, 5.41) is 8.54. The lowest BCUT2D eigenvalue weighted by Gasteiger charge is -1.85. The predicted molar refractivity (Wildman–Crippen MR) is 43.0 cm³/mol. The quantitative estimate of drug-likeness (QED) is 0.647. The van der Waals surface area contributed by atoms with Crippen LogP contribution in [0, 0.1) is 11.3 Å². The summed E-state index contributed by atoms with van der Waals surface area (Å²) in [6.07, 6.45) is 1.90. The summed E-state index contributed by atoms with van der Waals surface area (Å²) in [6, 6.07) is 2.00. The van der Waals surface area contributed by atoms with Gasteiger partial charge in [0.1, 0.15) is 15.8 Å². The number of nitrogen functional groups attached to an aromatic ring is 1. The molecule has 0 amide bonds. The lowest BCUT2D eigenvalue weighted by Crippen LogP contribution is -1.86. The SMILES string of the molecule is CSc1snc(N)c1C#N. The molecule has 0 spiro atoms. The Balaban J connectivity index is 3.17. The molecule has 10 heavy (non-hydrogen) atoms. The van der Waals surface area contributed by atoms with Crippen molar-refractivity contribution in [1.82, 2.24) is 4.37 Å². The van der Waals surface area contributed by atoms with Gasteiger partial charge in [-0.05, 0) is 17.8 Å². The minimum atomic E-state index is 0.344. The Morgan fingerprint density at radius 3 is 2.90 bits per heavy atom. The molecule has 52 valence electrons. The third-order valence-electron chi connectivity index (χ3n) is 0.984. The van der Waals surface area contributed by atoms with Crippen molar-refractivity contribution in [1.29, 1.82) is 5.26 Å². The van der Waals surface area contributed by atoms with E-state index in [1.807, 2.05) is 12.3 Å². The molecule has 0 atom stereocenters. The molecule has 0 aromatic carbocycles. The molecule has 0 aliphatic heterocycles. The molecule has 1 aromatic heterocycles. The Morgan fingerprint density at radius 2 is 2.50 bits per heavy atom. The van der Waals surface area contributed by atoms with Crippen LogP contribution >= 0.6 is 23.3 Å². The van der Waals surface area contributed by atoms with Crippen molar-refractivity contribution in [2.24, 2.45) is 0 Å². The summed E-state index contributed by atoms with van der Waals surface area (Å²) in [7, 11) is 0. The van der Waals surface area contributed by atoms with Gasteiger partial charge in [-0.1, -0.05) is 0 Å². The number of anilines is 1. The van der Waals surface area contributed by atoms with Crippen LogP contribution < -0.4 is 5.73 Å². The van der Waals surface area contributed by atoms with Crippen LogP contribution in [0.25, 0.3) is 0 Å². The van der Waals surface area contributed by atoms with Crippen LogP contribution in [-0.2, 0) is 0 Å². The standard InChI is InChI=1S/C5H5N3S2/c1-9-5-3(2-6)4(7)8-10-5/h1H3,(H2,7,8). The van der Waals surface area contributed by atoms with Crippen molar-refractivity contribution in [3.05, 3.63) is 5.56 Å². The van der Waals surface area contributed by atoms with Gasteiger partial charge in [0, 0.05) is 0 Å². The highest BCUT2D eigenvalue weighted by Gasteiger charge is 2.08. The van der Waals surface area contributed by atoms with E-state index in [-0.39, 0.29) is 0 Å². The number of aromatic nitrogens is 1. The summed E-state index contributed by atoms with van der Waals surface area (Å²) in [5.74, 6) is 0.344. The first kappa shape index (κ1) is 7.38. The van der Waals surface area contributed by atoms with E-state index in [4.69, 9.17) is 11.0 Å². The van der Waals surface area contributed by atoms with E-state index >= 15 is 0 Å². The zero-order chi connectivity index (χ0) is 7.56. The van der Waals surface area contributed by atoms with Crippen molar-refractivity contribution in [3.63, 3.8) is 0 Å². The lowest BCUT2D eigenvalue weighted by atomic mass is 10.4. The molecular formula is C5H5N3S2. The smallest absolute Gasteiger partial charge is 0.156 e. The van der Waals surface area contributed by atoms with Gasteiger partial charge in [0.25, 0.3) is 0 Å². The molecule has 0 aliphatic carbocycles. The normalized spacial score (nSPS) is 9.20. The molecule has 0 bridgehead atoms. The van der Waals surface area contributed by atoms with Crippen molar-refractivity contribution in [2.45, 2.75) is 4.21 Å². The van der Waals surface area contributed by atoms with Gasteiger partial charge in [-0.15, -0.1) is 11.8 Å². The number of nitrogens with zero attached hydrogens (tertiary/aromatic N) is 2. The molecular weight excluding hydrogens is 166 g/mol. The summed E-state index contributed by atoms with van der Waals surface area (Å²) < 4.78 is 4.72. The van der Waals surface area contributed by atoms with E-state index in [9.17, 15) is 0 Å². The van der Waals surface area contributed by atoms with Crippen LogP contribution in [0.4, 0.5) is 5.82 Å². The first-order valence-corrected chi connectivity index (χ1v) is 4.48. The Bertz CT molecular complexity index is 273. The fourth-order valence-electron chi connectivity index (χ4n) is 0.529. The number of hydrogen-bond donors (Lipinski definition) is 1. The number of hydrogen-bond acceptors (Lipinski definition) is 5. The van der Waals surface area contributed by atoms with Crippen molar-refractivity contribution in [3.8, 4) is 6.07 Å². The minimum Gasteiger partial charge on any atom is -0.382 e. The van der Waals surface area contributed by atoms with E-state index in [2.05, 4.69) is 4.37 Å². The highest BCUT2D eigenvalue weighted by atomic mass is 32.2. The van der Waals surface area contributed by atoms with Crippen molar-refractivity contribution >= 4 is 29.1 Å². The molecule has 1 rings (SSSR count). The van der Waals surface area contributed by atoms with Crippen molar-refractivity contribution < 1.29 is 0 Å². The van der Waals surface area contributed by atoms with Gasteiger partial charge in [-0.3, -0.25) is 0 Å². The summed E-state index contributed by atoms with van der Waals surface area (Å²) >= 11 is 2.76. The van der Waals surface area contributed by atoms with E-state index in [0.717, 1.165) is 4.21 Å². The first-order chi connectivity index (χ1) is 4.79. The molecule has 0 saturated heterocycles. The molecule has 1 aromatic rings. The van der Waals surface area contributed by atoms with Crippen LogP contribution in [-0.4, -0.2) is 10.6 Å². The van der Waals surface area contributed by atoms with E-state index in [1.165, 1.54) is 23.3 Å². The van der Waals surface area contributed by atoms with E-state index < -0.39 is 0 Å². The number of nitriles is 1. The number of rotatable bonds is 1. The predicted octanol–water partition coefficient (Wildman–Crippen LogP) is 1.32. The van der Waals surface area contributed by atoms with E-state index in [1.54, 1.807) is 0 Å². The maximum atomic E-state index is 8.54. The second-order valence-electron chi connectivity index (χ2n) is 1.55. The van der Waals surface area contributed by atoms with Gasteiger partial charge in [-0.25, -0.2) is 0 Å². The third-order valence-corrected chi connectivity index (χ3v) is 2.94. The second-order valence-corrected chi connectivity index (χ2v) is 3.39. The maximum absolute atomic E-state index is 8.54. The van der Waals surface area contributed by atoms with Crippen LogP contribution in [0.15, 0.2) is 4.21 Å². The largest absolute Gasteiger partial charge is 0.382 e. The molecule has 0 aliphatic rings. The summed E-state index contributed by atoms with van der Waals surface area (Å²) in [6.45, 7) is 0. The zero-order valence-electron chi connectivity index (χ0n) is 5.29. The third kappa shape index (κ3) is 1.08. The van der Waals surface area contributed by atoms with Crippen LogP contribution in [0.1, 0.15) is 5.56 Å². The van der Waals surface area contributed by atoms with Gasteiger partial charge in [0.2, 0.25) is 0 Å². The molecule has 5 heteroatoms. The van der Waals surface area contributed by atoms with Crippen LogP contribution in [0.3, 0.4) is 0 Å². The number of thioether (sulfide) groups is 1. The van der Waals surface area contributed by atoms with Gasteiger partial charge in [-0.2, -0.15) is 9.64 Å². The lowest BCUT2D eigenvalue weighted by molar-refractivity contribution is 1.44. The van der Waals surface area contributed by atoms with Gasteiger partial charge >= 0.3 is 0 Å². The second kappa shape index (κ2) is 2.90. The fraction of sp³-hybridized carbons (Fsp3) is 0.200. The fourth-order valence-corrected chi connectivity index (χ4v) is 1.81. The molecule has 3 nitrogen and oxygen atoms in total. The number of nitrogens with two attached hydrogens (primary N) is 1. The van der Waals surface area contributed by atoms with Crippen LogP contribution in [0.2, 0.25) is 0 Å². The van der Waals surface area contributed by atoms with Gasteiger partial charge in [0.15, 0.2) is 5.82 Å². The Morgan fingerprint density at radius 1 is 1.80 bits per heavy atom. The molecule has 0 unspecified atom stereocenters. The van der Waals surface area contributed by atoms with E-state index in [0.29, 0.717) is 11.4 Å². The average molecular weight is 171 g/mol. The molecule has 1 heterocycles. The molecule has 0 saturated carbocycles. The maximum Gasteiger partial charge on any atom is 0.156 e. The minimum absolute atomic E-state index is 0.344. The first-order valence-electron chi connectivity index (χ1n) is 2.48. The highest BCUT2D eigenvalue weighted by Crippen LogP contribution is 2.28. The summed E-state index contributed by atoms with van der Waals surface area (Å²) in [5.41, 5.74) is 5.90. The Hall–Kier alpha value is -0.730. The molecule has 0 radical (unpaired) electrons. The monoisotopic (exact) mass is 171 g/mol. The van der Waals surface area contributed by atoms with Crippen molar-refractivity contribution in [2.75, 3.05) is 12.0 Å². The topological polar surface area (TPSA) is 62.7 Å². The van der Waals surface area contributed by atoms with Gasteiger partial charge < -0.3 is 5.73 Å².